The predicted molar refractivity (Wildman–Crippen MR) is 126 cm³/mol. The van der Waals surface area contributed by atoms with Crippen molar-refractivity contribution >= 4 is 55.0 Å². The number of sulfonamides is 1. The Morgan fingerprint density at radius 3 is 2.29 bits per heavy atom. The van der Waals surface area contributed by atoms with Crippen LogP contribution in [0.5, 0.6) is 0 Å². The lowest BCUT2D eigenvalue weighted by Crippen LogP contribution is -2.22. The van der Waals surface area contributed by atoms with Crippen molar-refractivity contribution in [1.29, 1.82) is 0 Å². The summed E-state index contributed by atoms with van der Waals surface area (Å²) in [5.74, 6) is -0.861. The number of anilines is 2. The van der Waals surface area contributed by atoms with Crippen molar-refractivity contribution in [3.8, 4) is 0 Å². The Hall–Kier alpha value is -2.36. The third kappa shape index (κ3) is 6.32. The number of aryl methyl sites for hydroxylation is 1. The van der Waals surface area contributed by atoms with Gasteiger partial charge in [0, 0.05) is 15.1 Å². The maximum absolute atomic E-state index is 13.9. The molecule has 3 aromatic rings. The SMILES string of the molecule is Cc1ccc(S(=O)(=O)Nc2ccc(SC(C)C(=O)Nc3ccc(Br)cc3F)cc2)cc1. The maximum atomic E-state index is 13.9. The summed E-state index contributed by atoms with van der Waals surface area (Å²) in [6.07, 6.45) is 0. The highest BCUT2D eigenvalue weighted by Gasteiger charge is 2.17. The molecule has 0 heterocycles. The van der Waals surface area contributed by atoms with Crippen LogP contribution in [-0.4, -0.2) is 19.6 Å². The Kier molecular flexibility index (Phi) is 7.40. The van der Waals surface area contributed by atoms with Crippen LogP contribution in [0.15, 0.2) is 81.0 Å². The Labute approximate surface area is 193 Å². The van der Waals surface area contributed by atoms with E-state index in [4.69, 9.17) is 0 Å². The molecule has 31 heavy (non-hydrogen) atoms. The number of nitrogens with one attached hydrogen (secondary N) is 2. The molecule has 9 heteroatoms. The van der Waals surface area contributed by atoms with Crippen LogP contribution in [-0.2, 0) is 14.8 Å². The van der Waals surface area contributed by atoms with E-state index in [1.54, 1.807) is 61.5 Å². The van der Waals surface area contributed by atoms with Gasteiger partial charge in [0.1, 0.15) is 5.82 Å². The molecule has 0 bridgehead atoms. The second-order valence-electron chi connectivity index (χ2n) is 6.82. The van der Waals surface area contributed by atoms with Gasteiger partial charge in [0.25, 0.3) is 10.0 Å². The van der Waals surface area contributed by atoms with Gasteiger partial charge in [-0.3, -0.25) is 9.52 Å². The molecule has 0 saturated carbocycles. The molecule has 162 valence electrons. The summed E-state index contributed by atoms with van der Waals surface area (Å²) in [6.45, 7) is 3.60. The van der Waals surface area contributed by atoms with Gasteiger partial charge in [-0.05, 0) is 68.4 Å². The Balaban J connectivity index is 1.61. The van der Waals surface area contributed by atoms with E-state index < -0.39 is 21.1 Å². The van der Waals surface area contributed by atoms with Gasteiger partial charge in [-0.1, -0.05) is 33.6 Å². The summed E-state index contributed by atoms with van der Waals surface area (Å²) in [7, 11) is -3.68. The van der Waals surface area contributed by atoms with E-state index in [-0.39, 0.29) is 16.5 Å². The summed E-state index contributed by atoms with van der Waals surface area (Å²) in [5, 5.41) is 2.09. The van der Waals surface area contributed by atoms with E-state index in [1.807, 2.05) is 6.92 Å². The first-order chi connectivity index (χ1) is 14.6. The molecule has 1 amide bonds. The minimum absolute atomic E-state index is 0.113. The van der Waals surface area contributed by atoms with Crippen LogP contribution >= 0.6 is 27.7 Å². The Morgan fingerprint density at radius 1 is 1.03 bits per heavy atom. The first-order valence-electron chi connectivity index (χ1n) is 9.26. The zero-order chi connectivity index (χ0) is 22.6. The number of hydrogen-bond acceptors (Lipinski definition) is 4. The van der Waals surface area contributed by atoms with Crippen LogP contribution in [0.3, 0.4) is 0 Å². The molecule has 3 aromatic carbocycles. The quantitative estimate of drug-likeness (QED) is 0.383. The van der Waals surface area contributed by atoms with Gasteiger partial charge in [-0.15, -0.1) is 11.8 Å². The van der Waals surface area contributed by atoms with Crippen molar-refractivity contribution in [2.24, 2.45) is 0 Å². The number of halogens is 2. The molecule has 0 fully saturated rings. The lowest BCUT2D eigenvalue weighted by atomic mass is 10.2. The fourth-order valence-electron chi connectivity index (χ4n) is 2.62. The molecule has 0 spiro atoms. The summed E-state index contributed by atoms with van der Waals surface area (Å²) in [5.41, 5.74) is 1.50. The van der Waals surface area contributed by atoms with E-state index in [0.29, 0.717) is 10.2 Å². The van der Waals surface area contributed by atoms with Crippen LogP contribution in [0.4, 0.5) is 15.8 Å². The van der Waals surface area contributed by atoms with E-state index in [2.05, 4.69) is 26.0 Å². The van der Waals surface area contributed by atoms with E-state index >= 15 is 0 Å². The van der Waals surface area contributed by atoms with Crippen molar-refractivity contribution in [1.82, 2.24) is 0 Å². The number of amides is 1. The zero-order valence-corrected chi connectivity index (χ0v) is 19.9. The minimum atomic E-state index is -3.68. The largest absolute Gasteiger partial charge is 0.323 e. The smallest absolute Gasteiger partial charge is 0.261 e. The summed E-state index contributed by atoms with van der Waals surface area (Å²) in [6, 6.07) is 17.7. The van der Waals surface area contributed by atoms with Crippen LogP contribution in [0.25, 0.3) is 0 Å². The highest BCUT2D eigenvalue weighted by atomic mass is 79.9. The molecule has 0 radical (unpaired) electrons. The molecule has 0 aliphatic heterocycles. The van der Waals surface area contributed by atoms with Crippen molar-refractivity contribution in [3.05, 3.63) is 82.6 Å². The molecule has 0 aliphatic rings. The predicted octanol–water partition coefficient (Wildman–Crippen LogP) is 5.82. The summed E-state index contributed by atoms with van der Waals surface area (Å²) in [4.78, 5) is 13.3. The maximum Gasteiger partial charge on any atom is 0.261 e. The van der Waals surface area contributed by atoms with Gasteiger partial charge in [0.2, 0.25) is 5.91 Å². The van der Waals surface area contributed by atoms with E-state index in [9.17, 15) is 17.6 Å². The van der Waals surface area contributed by atoms with Crippen molar-refractivity contribution in [3.63, 3.8) is 0 Å². The Bertz CT molecular complexity index is 1180. The molecule has 0 aromatic heterocycles. The molecule has 5 nitrogen and oxygen atoms in total. The number of carbonyl (C=O) groups is 1. The molecular formula is C22H20BrFN2O3S2. The molecule has 3 rings (SSSR count). The third-order valence-corrected chi connectivity index (χ3v) is 7.31. The number of hydrogen-bond donors (Lipinski definition) is 2. The molecule has 1 atom stereocenters. The second-order valence-corrected chi connectivity index (χ2v) is 10.8. The molecule has 0 aliphatic carbocycles. The zero-order valence-electron chi connectivity index (χ0n) is 16.7. The average molecular weight is 523 g/mol. The van der Waals surface area contributed by atoms with Crippen molar-refractivity contribution in [2.75, 3.05) is 10.0 Å². The van der Waals surface area contributed by atoms with Gasteiger partial charge >= 0.3 is 0 Å². The fraction of sp³-hybridized carbons (Fsp3) is 0.136. The molecular weight excluding hydrogens is 503 g/mol. The molecule has 0 saturated heterocycles. The van der Waals surface area contributed by atoms with Crippen LogP contribution in [0.2, 0.25) is 0 Å². The standard InChI is InChI=1S/C22H20BrFN2O3S2/c1-14-3-10-19(11-4-14)31(28,29)26-17-6-8-18(9-7-17)30-15(2)22(27)25-21-12-5-16(23)13-20(21)24/h3-13,15,26H,1-2H3,(H,25,27). The fourth-order valence-corrected chi connectivity index (χ4v) is 4.88. The van der Waals surface area contributed by atoms with Gasteiger partial charge in [0.15, 0.2) is 0 Å². The van der Waals surface area contributed by atoms with Gasteiger partial charge in [-0.2, -0.15) is 0 Å². The highest BCUT2D eigenvalue weighted by molar-refractivity contribution is 9.10. The highest BCUT2D eigenvalue weighted by Crippen LogP contribution is 2.27. The lowest BCUT2D eigenvalue weighted by molar-refractivity contribution is -0.115. The van der Waals surface area contributed by atoms with E-state index in [0.717, 1.165) is 10.5 Å². The second kappa shape index (κ2) is 9.84. The number of thioether (sulfide) groups is 1. The molecule has 1 unspecified atom stereocenters. The first kappa shape index (κ1) is 23.3. The number of carbonyl (C=O) groups excluding carboxylic acids is 1. The van der Waals surface area contributed by atoms with Crippen LogP contribution in [0.1, 0.15) is 12.5 Å². The number of rotatable bonds is 7. The van der Waals surface area contributed by atoms with Crippen LogP contribution in [0, 0.1) is 12.7 Å². The molecule has 2 N–H and O–H groups in total. The van der Waals surface area contributed by atoms with Gasteiger partial charge in [-0.25, -0.2) is 12.8 Å². The van der Waals surface area contributed by atoms with Gasteiger partial charge in [0.05, 0.1) is 15.8 Å². The minimum Gasteiger partial charge on any atom is -0.323 e. The normalized spacial score (nSPS) is 12.3. The summed E-state index contributed by atoms with van der Waals surface area (Å²) >= 11 is 4.46. The topological polar surface area (TPSA) is 75.3 Å². The summed E-state index contributed by atoms with van der Waals surface area (Å²) < 4.78 is 42.0. The number of benzene rings is 3. The first-order valence-corrected chi connectivity index (χ1v) is 12.4. The third-order valence-electron chi connectivity index (χ3n) is 4.31. The van der Waals surface area contributed by atoms with E-state index in [1.165, 1.54) is 23.9 Å². The monoisotopic (exact) mass is 522 g/mol. The average Bonchev–Trinajstić information content (AvgIpc) is 2.71. The Morgan fingerprint density at radius 2 is 1.68 bits per heavy atom. The lowest BCUT2D eigenvalue weighted by Gasteiger charge is -2.13. The van der Waals surface area contributed by atoms with Crippen molar-refractivity contribution in [2.45, 2.75) is 28.9 Å². The van der Waals surface area contributed by atoms with Gasteiger partial charge < -0.3 is 5.32 Å². The van der Waals surface area contributed by atoms with Crippen LogP contribution < -0.4 is 10.0 Å². The van der Waals surface area contributed by atoms with Crippen molar-refractivity contribution < 1.29 is 17.6 Å².